The van der Waals surface area contributed by atoms with E-state index in [1.807, 2.05) is 11.0 Å². The Hall–Kier alpha value is -2.88. The van der Waals surface area contributed by atoms with Crippen LogP contribution >= 0.6 is 0 Å². The number of nitrogens with two attached hydrogens (primary N) is 1. The number of rotatable bonds is 3. The lowest BCUT2D eigenvalue weighted by Gasteiger charge is -2.33. The van der Waals surface area contributed by atoms with E-state index in [2.05, 4.69) is 21.4 Å². The molecule has 4 aliphatic rings. The molecule has 30 heavy (non-hydrogen) atoms. The van der Waals surface area contributed by atoms with Gasteiger partial charge >= 0.3 is 0 Å². The third-order valence-electron chi connectivity index (χ3n) is 6.77. The fourth-order valence-corrected chi connectivity index (χ4v) is 5.11. The van der Waals surface area contributed by atoms with E-state index in [0.29, 0.717) is 36.8 Å². The number of nitrogens with zero attached hydrogens (tertiary/aromatic N) is 6. The van der Waals surface area contributed by atoms with Crippen molar-refractivity contribution in [1.82, 2.24) is 19.9 Å². The second kappa shape index (κ2) is 6.07. The fraction of sp³-hybridized carbons (Fsp3) is 0.500. The zero-order valence-corrected chi connectivity index (χ0v) is 16.2. The van der Waals surface area contributed by atoms with Gasteiger partial charge in [-0.3, -0.25) is 0 Å². The minimum Gasteiger partial charge on any atom is -0.369 e. The maximum Gasteiger partial charge on any atom is 0.254 e. The molecule has 2 aromatic heterocycles. The minimum absolute atomic E-state index is 0.00165. The number of nitrogen functional groups attached to an aromatic ring is 1. The average Bonchev–Trinajstić information content (AvgIpc) is 3.46. The van der Waals surface area contributed by atoms with Crippen LogP contribution in [0.4, 0.5) is 26.5 Å². The van der Waals surface area contributed by atoms with Crippen LogP contribution in [0.2, 0.25) is 0 Å². The lowest BCUT2D eigenvalue weighted by atomic mass is 10.1. The Kier molecular flexibility index (Phi) is 3.63. The first kappa shape index (κ1) is 17.9. The van der Waals surface area contributed by atoms with Crippen molar-refractivity contribution in [2.75, 3.05) is 35.2 Å². The molecule has 2 aromatic rings. The number of fused-ring (bicyclic) bond motifs is 4. The molecular formula is C20H21F2N7O. The molecule has 3 aliphatic heterocycles. The van der Waals surface area contributed by atoms with Crippen LogP contribution in [0.25, 0.3) is 11.3 Å². The van der Waals surface area contributed by atoms with Gasteiger partial charge in [-0.1, -0.05) is 6.58 Å². The first-order valence-corrected chi connectivity index (χ1v) is 10.1. The third-order valence-corrected chi connectivity index (χ3v) is 6.77. The molecule has 5 heterocycles. The third kappa shape index (κ3) is 2.59. The molecule has 2 N–H and O–H groups in total. The summed E-state index contributed by atoms with van der Waals surface area (Å²) in [6.07, 6.45) is 3.55. The lowest BCUT2D eigenvalue weighted by Crippen LogP contribution is -2.42. The van der Waals surface area contributed by atoms with E-state index in [0.717, 1.165) is 11.4 Å². The zero-order valence-electron chi connectivity index (χ0n) is 16.2. The summed E-state index contributed by atoms with van der Waals surface area (Å²) in [5, 5.41) is 0. The number of aromatic nitrogens is 4. The van der Waals surface area contributed by atoms with Gasteiger partial charge in [-0.2, -0.15) is 4.98 Å². The molecule has 1 aliphatic carbocycles. The van der Waals surface area contributed by atoms with Gasteiger partial charge in [-0.15, -0.1) is 0 Å². The second-order valence-corrected chi connectivity index (χ2v) is 8.51. The summed E-state index contributed by atoms with van der Waals surface area (Å²) >= 11 is 0. The number of morpholine rings is 1. The predicted molar refractivity (Wildman–Crippen MR) is 106 cm³/mol. The van der Waals surface area contributed by atoms with E-state index in [1.54, 1.807) is 12.4 Å². The Morgan fingerprint density at radius 3 is 2.57 bits per heavy atom. The van der Waals surface area contributed by atoms with Crippen LogP contribution in [0.15, 0.2) is 30.6 Å². The highest BCUT2D eigenvalue weighted by Crippen LogP contribution is 2.49. The van der Waals surface area contributed by atoms with Crippen molar-refractivity contribution in [3.8, 4) is 11.3 Å². The van der Waals surface area contributed by atoms with Gasteiger partial charge in [0, 0.05) is 48.9 Å². The first-order valence-electron chi connectivity index (χ1n) is 10.1. The summed E-state index contributed by atoms with van der Waals surface area (Å²) in [6.45, 7) is 5.66. The van der Waals surface area contributed by atoms with Crippen molar-refractivity contribution in [3.63, 3.8) is 0 Å². The minimum atomic E-state index is -2.60. The smallest absolute Gasteiger partial charge is 0.254 e. The molecule has 0 aromatic carbocycles. The number of piperidine rings is 1. The highest BCUT2D eigenvalue weighted by Gasteiger charge is 2.56. The Morgan fingerprint density at radius 2 is 1.97 bits per heavy atom. The molecular weight excluding hydrogens is 392 g/mol. The largest absolute Gasteiger partial charge is 0.369 e. The van der Waals surface area contributed by atoms with E-state index >= 15 is 0 Å². The van der Waals surface area contributed by atoms with Gasteiger partial charge in [0.2, 0.25) is 11.9 Å². The van der Waals surface area contributed by atoms with Crippen molar-refractivity contribution < 1.29 is 13.5 Å². The van der Waals surface area contributed by atoms with E-state index in [4.69, 9.17) is 20.4 Å². The number of alkyl halides is 2. The molecule has 0 unspecified atom stereocenters. The molecule has 1 saturated carbocycles. The average molecular weight is 413 g/mol. The quantitative estimate of drug-likeness (QED) is 0.763. The Bertz CT molecular complexity index is 1030. The Morgan fingerprint density at radius 1 is 1.17 bits per heavy atom. The number of hydrogen-bond donors (Lipinski definition) is 1. The van der Waals surface area contributed by atoms with Crippen LogP contribution in [-0.4, -0.2) is 63.7 Å². The highest BCUT2D eigenvalue weighted by molar-refractivity contribution is 5.66. The normalized spacial score (nSPS) is 31.2. The van der Waals surface area contributed by atoms with Crippen LogP contribution in [0, 0.1) is 5.92 Å². The summed E-state index contributed by atoms with van der Waals surface area (Å²) in [7, 11) is 0. The van der Waals surface area contributed by atoms with Gasteiger partial charge in [0.1, 0.15) is 5.82 Å². The van der Waals surface area contributed by atoms with Gasteiger partial charge < -0.3 is 20.3 Å². The number of anilines is 3. The maximum absolute atomic E-state index is 14.1. The SMILES string of the molecule is C=C1[C@H]2CO[C@@H]1CN2c1cc(-c2cnc(N)nc2)nc(N2C[C@H]3C[C@@H]2CC3(F)F)n1. The van der Waals surface area contributed by atoms with E-state index in [9.17, 15) is 8.78 Å². The van der Waals surface area contributed by atoms with Gasteiger partial charge in [-0.25, -0.2) is 23.7 Å². The molecule has 4 fully saturated rings. The molecule has 4 atom stereocenters. The molecule has 156 valence electrons. The molecule has 0 spiro atoms. The summed E-state index contributed by atoms with van der Waals surface area (Å²) in [6, 6.07) is 1.70. The molecule has 0 amide bonds. The van der Waals surface area contributed by atoms with Crippen molar-refractivity contribution in [2.45, 2.75) is 37.0 Å². The zero-order chi connectivity index (χ0) is 20.6. The lowest BCUT2D eigenvalue weighted by molar-refractivity contribution is -0.0411. The molecule has 4 bridgehead atoms. The van der Waals surface area contributed by atoms with Crippen LogP contribution < -0.4 is 15.5 Å². The predicted octanol–water partition coefficient (Wildman–Crippen LogP) is 1.89. The Balaban J connectivity index is 1.41. The second-order valence-electron chi connectivity index (χ2n) is 8.51. The molecule has 3 saturated heterocycles. The fourth-order valence-electron chi connectivity index (χ4n) is 5.11. The number of hydrogen-bond acceptors (Lipinski definition) is 8. The standard InChI is InChI=1S/C20H21F2N7O/c1-10-15-9-30-16(10)8-29(15)17-3-14(11-5-24-18(23)25-6-11)26-19(27-17)28-7-12-2-13(28)4-20(12,21)22/h3,5-6,12-13,15-16H,1-2,4,7-9H2,(H2,23,24,25)/t12-,13-,15-,16-/m1/s1. The van der Waals surface area contributed by atoms with Gasteiger partial charge in [-0.05, 0) is 12.0 Å². The summed E-state index contributed by atoms with van der Waals surface area (Å²) in [5.74, 6) is -1.86. The van der Waals surface area contributed by atoms with Gasteiger partial charge in [0.15, 0.2) is 0 Å². The molecule has 6 rings (SSSR count). The van der Waals surface area contributed by atoms with Crippen LogP contribution in [-0.2, 0) is 4.74 Å². The molecule has 0 radical (unpaired) electrons. The van der Waals surface area contributed by atoms with Crippen LogP contribution in [0.3, 0.4) is 0 Å². The maximum atomic E-state index is 14.1. The van der Waals surface area contributed by atoms with Gasteiger partial charge in [0.25, 0.3) is 5.92 Å². The van der Waals surface area contributed by atoms with E-state index in [-0.39, 0.29) is 37.1 Å². The van der Waals surface area contributed by atoms with E-state index in [1.165, 1.54) is 0 Å². The molecule has 8 nitrogen and oxygen atoms in total. The van der Waals surface area contributed by atoms with Crippen molar-refractivity contribution in [1.29, 1.82) is 0 Å². The summed E-state index contributed by atoms with van der Waals surface area (Å²) in [4.78, 5) is 21.7. The number of halogens is 2. The van der Waals surface area contributed by atoms with Crippen molar-refractivity contribution in [2.24, 2.45) is 5.92 Å². The highest BCUT2D eigenvalue weighted by atomic mass is 19.3. The summed E-state index contributed by atoms with van der Waals surface area (Å²) in [5.41, 5.74) is 8.00. The van der Waals surface area contributed by atoms with E-state index < -0.39 is 11.8 Å². The van der Waals surface area contributed by atoms with Crippen molar-refractivity contribution in [3.05, 3.63) is 30.6 Å². The summed E-state index contributed by atoms with van der Waals surface area (Å²) < 4.78 is 33.8. The Labute approximate surface area is 171 Å². The van der Waals surface area contributed by atoms with Crippen LogP contribution in [0.1, 0.15) is 12.8 Å². The number of ether oxygens (including phenoxy) is 1. The van der Waals surface area contributed by atoms with Gasteiger partial charge in [0.05, 0.1) is 31.0 Å². The monoisotopic (exact) mass is 413 g/mol. The van der Waals surface area contributed by atoms with Crippen LogP contribution in [0.5, 0.6) is 0 Å². The molecule has 10 heteroatoms. The topological polar surface area (TPSA) is 93.3 Å². The van der Waals surface area contributed by atoms with Crippen molar-refractivity contribution >= 4 is 17.7 Å². The first-order chi connectivity index (χ1) is 14.4.